The van der Waals surface area contributed by atoms with Crippen molar-refractivity contribution in [3.8, 4) is 11.1 Å². The Balaban J connectivity index is 1.67. The van der Waals surface area contributed by atoms with Gasteiger partial charge in [0.2, 0.25) is 5.91 Å². The van der Waals surface area contributed by atoms with Gasteiger partial charge in [-0.1, -0.05) is 12.1 Å². The number of nitrogens with one attached hydrogen (secondary N) is 1. The number of carbonyl (C=O) groups is 1. The molecule has 2 heterocycles. The largest absolute Gasteiger partial charge is 0.326 e. The molecular weight excluding hydrogens is 348 g/mol. The second-order valence-corrected chi connectivity index (χ2v) is 6.62. The third-order valence-corrected chi connectivity index (χ3v) is 4.61. The maximum atomic E-state index is 13.5. The molecule has 0 saturated heterocycles. The topological polar surface area (TPSA) is 68.0 Å². The summed E-state index contributed by atoms with van der Waals surface area (Å²) in [6.07, 6.45) is 2.24. The fourth-order valence-corrected chi connectivity index (χ4v) is 3.43. The zero-order valence-electron chi connectivity index (χ0n) is 14.4. The molecule has 4 rings (SSSR count). The second kappa shape index (κ2) is 6.89. The third-order valence-electron chi connectivity index (χ3n) is 4.61. The quantitative estimate of drug-likeness (QED) is 0.740. The minimum absolute atomic E-state index is 0.0293. The van der Waals surface area contributed by atoms with Crippen molar-refractivity contribution in [2.75, 3.05) is 5.32 Å². The number of amides is 1. The van der Waals surface area contributed by atoms with Crippen LogP contribution in [0.5, 0.6) is 0 Å². The predicted octanol–water partition coefficient (Wildman–Crippen LogP) is 3.76. The molecule has 136 valence electrons. The van der Waals surface area contributed by atoms with Gasteiger partial charge >= 0.3 is 0 Å². The van der Waals surface area contributed by atoms with Crippen molar-refractivity contribution in [3.05, 3.63) is 83.2 Å². The van der Waals surface area contributed by atoms with Crippen molar-refractivity contribution in [3.63, 3.8) is 0 Å². The highest BCUT2D eigenvalue weighted by molar-refractivity contribution is 5.99. The van der Waals surface area contributed by atoms with Crippen LogP contribution in [-0.4, -0.2) is 10.9 Å². The summed E-state index contributed by atoms with van der Waals surface area (Å²) in [6.45, 7) is 0. The molecule has 1 aromatic heterocycles. The minimum Gasteiger partial charge on any atom is -0.326 e. The molecule has 3 N–H and O–H groups in total. The molecule has 0 bridgehead atoms. The second-order valence-electron chi connectivity index (χ2n) is 6.62. The third kappa shape index (κ3) is 3.57. The summed E-state index contributed by atoms with van der Waals surface area (Å²) < 4.78 is 26.9. The summed E-state index contributed by atoms with van der Waals surface area (Å²) in [5.41, 5.74) is 10.9. The number of aromatic nitrogens is 1. The molecular formula is C21H17F2N3O. The molecule has 3 aromatic rings. The van der Waals surface area contributed by atoms with Crippen molar-refractivity contribution in [2.24, 2.45) is 5.73 Å². The Hall–Kier alpha value is -3.12. The molecule has 1 atom stereocenters. The first-order valence-electron chi connectivity index (χ1n) is 8.58. The first kappa shape index (κ1) is 17.3. The molecule has 4 nitrogen and oxygen atoms in total. The zero-order valence-corrected chi connectivity index (χ0v) is 14.4. The normalized spacial score (nSPS) is 14.0. The van der Waals surface area contributed by atoms with E-state index in [2.05, 4.69) is 10.3 Å². The molecule has 1 amide bonds. The standard InChI is InChI=1S/C21H17F2N3O/c22-15-6-12(7-16(23)11-15)8-18(24)21-17(2-1-5-25-21)13-3-4-19-14(9-13)10-20(27)26-19/h1-7,9,11,18H,8,10,24H2,(H,26,27). The fraction of sp³-hybridized carbons (Fsp3) is 0.143. The number of hydrogen-bond donors (Lipinski definition) is 2. The van der Waals surface area contributed by atoms with Crippen LogP contribution in [0.25, 0.3) is 11.1 Å². The minimum atomic E-state index is -0.630. The van der Waals surface area contributed by atoms with Gasteiger partial charge in [0.25, 0.3) is 0 Å². The number of nitrogens with two attached hydrogens (primary N) is 1. The summed E-state index contributed by atoms with van der Waals surface area (Å²) in [4.78, 5) is 16.0. The van der Waals surface area contributed by atoms with Crippen molar-refractivity contribution in [1.29, 1.82) is 0 Å². The van der Waals surface area contributed by atoms with Crippen LogP contribution in [0.3, 0.4) is 0 Å². The number of hydrogen-bond acceptors (Lipinski definition) is 3. The van der Waals surface area contributed by atoms with Crippen molar-refractivity contribution in [2.45, 2.75) is 18.9 Å². The Morgan fingerprint density at radius 1 is 1.11 bits per heavy atom. The Labute approximate surface area is 155 Å². The van der Waals surface area contributed by atoms with E-state index in [1.807, 2.05) is 30.3 Å². The molecule has 1 aliphatic rings. The summed E-state index contributed by atoms with van der Waals surface area (Å²) in [7, 11) is 0. The first-order chi connectivity index (χ1) is 13.0. The number of pyridine rings is 1. The van der Waals surface area contributed by atoms with Gasteiger partial charge in [0, 0.05) is 23.5 Å². The predicted molar refractivity (Wildman–Crippen MR) is 99.0 cm³/mol. The molecule has 0 fully saturated rings. The van der Waals surface area contributed by atoms with E-state index >= 15 is 0 Å². The van der Waals surface area contributed by atoms with Gasteiger partial charge in [-0.25, -0.2) is 8.78 Å². The van der Waals surface area contributed by atoms with E-state index in [0.717, 1.165) is 28.4 Å². The molecule has 1 unspecified atom stereocenters. The molecule has 2 aromatic carbocycles. The number of anilines is 1. The van der Waals surface area contributed by atoms with Gasteiger partial charge in [-0.15, -0.1) is 0 Å². The number of halogens is 2. The van der Waals surface area contributed by atoms with Crippen LogP contribution in [-0.2, 0) is 17.6 Å². The zero-order chi connectivity index (χ0) is 19.0. The van der Waals surface area contributed by atoms with Crippen molar-refractivity contribution < 1.29 is 13.6 Å². The molecule has 27 heavy (non-hydrogen) atoms. The van der Waals surface area contributed by atoms with Gasteiger partial charge in [-0.2, -0.15) is 0 Å². The summed E-state index contributed by atoms with van der Waals surface area (Å²) in [5, 5.41) is 2.81. The maximum Gasteiger partial charge on any atom is 0.228 e. The van der Waals surface area contributed by atoms with Crippen molar-refractivity contribution >= 4 is 11.6 Å². The highest BCUT2D eigenvalue weighted by Gasteiger charge is 2.20. The number of carbonyl (C=O) groups excluding carboxylic acids is 1. The summed E-state index contributed by atoms with van der Waals surface area (Å²) in [5.74, 6) is -1.29. The van der Waals surface area contributed by atoms with Gasteiger partial charge in [-0.3, -0.25) is 9.78 Å². The average Bonchev–Trinajstić information content (AvgIpc) is 3.00. The van der Waals surface area contributed by atoms with E-state index in [9.17, 15) is 13.6 Å². The van der Waals surface area contributed by atoms with Gasteiger partial charge in [-0.05, 0) is 53.4 Å². The van der Waals surface area contributed by atoms with E-state index < -0.39 is 17.7 Å². The van der Waals surface area contributed by atoms with Gasteiger partial charge in [0.05, 0.1) is 18.2 Å². The molecule has 0 spiro atoms. The Bertz CT molecular complexity index is 1020. The van der Waals surface area contributed by atoms with Crippen LogP contribution in [0, 0.1) is 11.6 Å². The van der Waals surface area contributed by atoms with Gasteiger partial charge < -0.3 is 11.1 Å². The molecule has 0 radical (unpaired) electrons. The molecule has 0 aliphatic carbocycles. The highest BCUT2D eigenvalue weighted by Crippen LogP contribution is 2.32. The Morgan fingerprint density at radius 2 is 1.89 bits per heavy atom. The SMILES string of the molecule is NC(Cc1cc(F)cc(F)c1)c1ncccc1-c1ccc2c(c1)CC(=O)N2. The van der Waals surface area contributed by atoms with E-state index in [0.29, 0.717) is 17.7 Å². The lowest BCUT2D eigenvalue weighted by atomic mass is 9.95. The highest BCUT2D eigenvalue weighted by atomic mass is 19.1. The van der Waals surface area contributed by atoms with Crippen LogP contribution in [0.2, 0.25) is 0 Å². The fourth-order valence-electron chi connectivity index (χ4n) is 3.43. The number of fused-ring (bicyclic) bond motifs is 1. The number of benzene rings is 2. The number of rotatable bonds is 4. The van der Waals surface area contributed by atoms with Crippen LogP contribution >= 0.6 is 0 Å². The molecule has 6 heteroatoms. The van der Waals surface area contributed by atoms with E-state index in [1.54, 1.807) is 6.20 Å². The molecule has 1 aliphatic heterocycles. The van der Waals surface area contributed by atoms with E-state index in [1.165, 1.54) is 12.1 Å². The average molecular weight is 365 g/mol. The Kier molecular flexibility index (Phi) is 4.41. The van der Waals surface area contributed by atoms with E-state index in [4.69, 9.17) is 5.73 Å². The maximum absolute atomic E-state index is 13.5. The molecule has 0 saturated carbocycles. The van der Waals surface area contributed by atoms with Crippen LogP contribution < -0.4 is 11.1 Å². The van der Waals surface area contributed by atoms with Crippen molar-refractivity contribution in [1.82, 2.24) is 4.98 Å². The van der Waals surface area contributed by atoms with Crippen LogP contribution in [0.15, 0.2) is 54.7 Å². The van der Waals surface area contributed by atoms with Crippen LogP contribution in [0.1, 0.15) is 22.9 Å². The number of nitrogens with zero attached hydrogens (tertiary/aromatic N) is 1. The van der Waals surface area contributed by atoms with Gasteiger partial charge in [0.15, 0.2) is 0 Å². The van der Waals surface area contributed by atoms with Gasteiger partial charge in [0.1, 0.15) is 11.6 Å². The smallest absolute Gasteiger partial charge is 0.228 e. The van der Waals surface area contributed by atoms with E-state index in [-0.39, 0.29) is 12.3 Å². The first-order valence-corrected chi connectivity index (χ1v) is 8.58. The monoisotopic (exact) mass is 365 g/mol. The lowest BCUT2D eigenvalue weighted by molar-refractivity contribution is -0.115. The summed E-state index contributed by atoms with van der Waals surface area (Å²) in [6, 6.07) is 12.3. The lowest BCUT2D eigenvalue weighted by Crippen LogP contribution is -2.16. The lowest BCUT2D eigenvalue weighted by Gasteiger charge is -2.16. The Morgan fingerprint density at radius 3 is 2.67 bits per heavy atom. The summed E-state index contributed by atoms with van der Waals surface area (Å²) >= 11 is 0. The van der Waals surface area contributed by atoms with Crippen LogP contribution in [0.4, 0.5) is 14.5 Å².